The Kier molecular flexibility index (Phi) is 8.93. The van der Waals surface area contributed by atoms with E-state index in [2.05, 4.69) is 48.9 Å². The van der Waals surface area contributed by atoms with E-state index in [0.29, 0.717) is 17.6 Å². The lowest BCUT2D eigenvalue weighted by molar-refractivity contribution is -0.174. The number of aromatic nitrogens is 3. The van der Waals surface area contributed by atoms with Crippen molar-refractivity contribution in [3.63, 3.8) is 0 Å². The smallest absolute Gasteiger partial charge is 0.416 e. The van der Waals surface area contributed by atoms with Crippen molar-refractivity contribution < 1.29 is 27.0 Å². The zero-order valence-electron chi connectivity index (χ0n) is 25.0. The van der Waals surface area contributed by atoms with E-state index in [-0.39, 0.29) is 22.9 Å². The van der Waals surface area contributed by atoms with Crippen molar-refractivity contribution in [2.75, 3.05) is 64.1 Å². The van der Waals surface area contributed by atoms with Gasteiger partial charge in [-0.05, 0) is 84.1 Å². The number of hydrogen-bond donors (Lipinski definition) is 1. The summed E-state index contributed by atoms with van der Waals surface area (Å²) < 4.78 is 68.5. The van der Waals surface area contributed by atoms with Gasteiger partial charge in [-0.2, -0.15) is 13.8 Å². The van der Waals surface area contributed by atoms with Crippen LogP contribution in [0.25, 0.3) is 11.3 Å². The summed E-state index contributed by atoms with van der Waals surface area (Å²) in [6.45, 7) is 6.69. The first-order valence-corrected chi connectivity index (χ1v) is 14.3. The lowest BCUT2D eigenvalue weighted by Gasteiger charge is -2.38. The van der Waals surface area contributed by atoms with Crippen LogP contribution in [0.1, 0.15) is 38.2 Å². The maximum atomic E-state index is 15.0. The minimum absolute atomic E-state index is 0.0227. The molecule has 13 heteroatoms. The molecular formula is C30H37F4N7O2. The van der Waals surface area contributed by atoms with Crippen LogP contribution >= 0.6 is 0 Å². The van der Waals surface area contributed by atoms with E-state index in [9.17, 15) is 13.2 Å². The molecule has 1 saturated heterocycles. The third-order valence-electron chi connectivity index (χ3n) is 7.79. The number of nitrogens with one attached hydrogen (secondary N) is 1. The van der Waals surface area contributed by atoms with Crippen LogP contribution in [-0.2, 0) is 0 Å². The van der Waals surface area contributed by atoms with Crippen molar-refractivity contribution in [1.29, 1.82) is 0 Å². The van der Waals surface area contributed by atoms with Crippen molar-refractivity contribution in [1.82, 2.24) is 24.8 Å². The van der Waals surface area contributed by atoms with Gasteiger partial charge in [0.1, 0.15) is 18.1 Å². The number of alkyl halides is 2. The van der Waals surface area contributed by atoms with Gasteiger partial charge in [-0.25, -0.2) is 18.7 Å². The molecule has 0 amide bonds. The van der Waals surface area contributed by atoms with Crippen molar-refractivity contribution in [3.8, 4) is 22.9 Å². The van der Waals surface area contributed by atoms with Gasteiger partial charge in [0.05, 0.1) is 19.0 Å². The summed E-state index contributed by atoms with van der Waals surface area (Å²) >= 11 is 0. The molecule has 1 N–H and O–H groups in total. The second-order valence-electron chi connectivity index (χ2n) is 11.5. The molecule has 0 radical (unpaired) electrons. The Morgan fingerprint density at radius 1 is 1.12 bits per heavy atom. The molecule has 0 saturated carbocycles. The quantitative estimate of drug-likeness (QED) is 0.319. The number of pyridine rings is 1. The predicted molar refractivity (Wildman–Crippen MR) is 156 cm³/mol. The van der Waals surface area contributed by atoms with Crippen molar-refractivity contribution in [2.45, 2.75) is 44.8 Å². The molecule has 3 aromatic rings. The average molecular weight is 604 g/mol. The van der Waals surface area contributed by atoms with Crippen LogP contribution in [0, 0.1) is 11.6 Å². The molecule has 0 unspecified atom stereocenters. The number of anilines is 3. The third kappa shape index (κ3) is 6.93. The fourth-order valence-corrected chi connectivity index (χ4v) is 5.50. The minimum Gasteiger partial charge on any atom is -0.481 e. The number of likely N-dealkylation sites (N-methyl/N-ethyl adjacent to an activating group) is 1. The summed E-state index contributed by atoms with van der Waals surface area (Å²) in [5, 5.41) is 2.97. The first kappa shape index (κ1) is 30.7. The Hall–Kier alpha value is -3.71. The van der Waals surface area contributed by atoms with E-state index in [1.54, 1.807) is 27.0 Å². The van der Waals surface area contributed by atoms with Crippen LogP contribution in [0.3, 0.4) is 0 Å². The number of piperidine rings is 1. The van der Waals surface area contributed by atoms with Gasteiger partial charge in [-0.1, -0.05) is 0 Å². The highest BCUT2D eigenvalue weighted by Crippen LogP contribution is 2.44. The Morgan fingerprint density at radius 3 is 2.53 bits per heavy atom. The van der Waals surface area contributed by atoms with Gasteiger partial charge in [0.15, 0.2) is 17.4 Å². The Morgan fingerprint density at radius 2 is 1.86 bits per heavy atom. The zero-order chi connectivity index (χ0) is 30.9. The van der Waals surface area contributed by atoms with Crippen LogP contribution in [0.4, 0.5) is 35.0 Å². The molecule has 232 valence electrons. The van der Waals surface area contributed by atoms with Gasteiger partial charge in [-0.3, -0.25) is 0 Å². The molecule has 0 spiro atoms. The fourth-order valence-electron chi connectivity index (χ4n) is 5.50. The average Bonchev–Trinajstić information content (AvgIpc) is 2.97. The van der Waals surface area contributed by atoms with E-state index in [4.69, 9.17) is 4.74 Å². The normalized spacial score (nSPS) is 17.2. The maximum absolute atomic E-state index is 15.0. The molecule has 0 bridgehead atoms. The molecular weight excluding hydrogens is 566 g/mol. The molecule has 4 heterocycles. The molecule has 5 rings (SSSR count). The minimum atomic E-state index is -3.57. The van der Waals surface area contributed by atoms with Gasteiger partial charge in [-0.15, -0.1) is 0 Å². The van der Waals surface area contributed by atoms with Crippen molar-refractivity contribution in [2.24, 2.45) is 0 Å². The number of benzene rings is 1. The van der Waals surface area contributed by atoms with Gasteiger partial charge >= 0.3 is 6.11 Å². The summed E-state index contributed by atoms with van der Waals surface area (Å²) in [5.74, 6) is -1.22. The van der Waals surface area contributed by atoms with E-state index in [1.807, 2.05) is 6.07 Å². The predicted octanol–water partition coefficient (Wildman–Crippen LogP) is 5.51. The van der Waals surface area contributed by atoms with E-state index in [0.717, 1.165) is 56.8 Å². The Bertz CT molecular complexity index is 1450. The van der Waals surface area contributed by atoms with E-state index in [1.165, 1.54) is 11.0 Å². The topological polar surface area (TPSA) is 78.9 Å². The summed E-state index contributed by atoms with van der Waals surface area (Å²) in [5.41, 5.74) is 0.961. The number of hydrogen-bond acceptors (Lipinski definition) is 9. The highest BCUT2D eigenvalue weighted by Gasteiger charge is 2.43. The standard InChI is InChI=1S/C30H37F4N7O2/c1-18(2)41-17-30(33,34)43-27-22(31)14-20(15-24(27)41)26-23(32)16-35-29(38-26)37-25-7-6-21(28(36-25)42-5)19-8-10-40(11-9-19)13-12-39(3)4/h6-7,14-16,18-19H,8-13,17H2,1-5H3,(H,35,36,37,38). The number of nitrogens with zero attached hydrogens (tertiary/aromatic N) is 6. The van der Waals surface area contributed by atoms with Gasteiger partial charge in [0, 0.05) is 30.3 Å². The lowest BCUT2D eigenvalue weighted by Crippen LogP contribution is -2.48. The second kappa shape index (κ2) is 12.5. The monoisotopic (exact) mass is 603 g/mol. The fraction of sp³-hybridized carbons (Fsp3) is 0.500. The van der Waals surface area contributed by atoms with Crippen LogP contribution in [0.5, 0.6) is 11.6 Å². The molecule has 43 heavy (non-hydrogen) atoms. The molecule has 0 atom stereocenters. The zero-order valence-corrected chi connectivity index (χ0v) is 25.0. The van der Waals surface area contributed by atoms with Gasteiger partial charge in [0.2, 0.25) is 11.8 Å². The highest BCUT2D eigenvalue weighted by molar-refractivity contribution is 5.73. The van der Waals surface area contributed by atoms with Crippen LogP contribution in [0.2, 0.25) is 0 Å². The number of methoxy groups -OCH3 is 1. The van der Waals surface area contributed by atoms with Crippen LogP contribution < -0.4 is 19.7 Å². The highest BCUT2D eigenvalue weighted by atomic mass is 19.3. The number of rotatable bonds is 9. The number of fused-ring (bicyclic) bond motifs is 1. The molecule has 2 aliphatic heterocycles. The first-order valence-electron chi connectivity index (χ1n) is 14.3. The number of likely N-dealkylation sites (tertiary alicyclic amines) is 1. The maximum Gasteiger partial charge on any atom is 0.416 e. The SMILES string of the molecule is COc1nc(Nc2ncc(F)c(-c3cc(F)c4c(c3)N(C(C)C)CC(F)(F)O4)n2)ccc1C1CCN(CCN(C)C)CC1. The van der Waals surface area contributed by atoms with Crippen molar-refractivity contribution in [3.05, 3.63) is 47.7 Å². The number of ether oxygens (including phenoxy) is 2. The largest absolute Gasteiger partial charge is 0.481 e. The van der Waals surface area contributed by atoms with E-state index < -0.39 is 36.1 Å². The summed E-state index contributed by atoms with van der Waals surface area (Å²) in [6, 6.07) is 5.68. The first-order chi connectivity index (χ1) is 20.4. The third-order valence-corrected chi connectivity index (χ3v) is 7.79. The Labute approximate surface area is 248 Å². The van der Waals surface area contributed by atoms with Gasteiger partial charge < -0.3 is 29.5 Å². The molecule has 2 aromatic heterocycles. The van der Waals surface area contributed by atoms with E-state index >= 15 is 4.39 Å². The van der Waals surface area contributed by atoms with Crippen molar-refractivity contribution >= 4 is 17.5 Å². The summed E-state index contributed by atoms with van der Waals surface area (Å²) in [4.78, 5) is 18.9. The number of halogens is 4. The molecule has 0 aliphatic carbocycles. The molecule has 9 nitrogen and oxygen atoms in total. The summed E-state index contributed by atoms with van der Waals surface area (Å²) in [7, 11) is 5.72. The second-order valence-corrected chi connectivity index (χ2v) is 11.5. The molecule has 2 aliphatic rings. The molecule has 1 aromatic carbocycles. The Balaban J connectivity index is 1.36. The van der Waals surface area contributed by atoms with Crippen LogP contribution in [0.15, 0.2) is 30.5 Å². The molecule has 1 fully saturated rings. The summed E-state index contributed by atoms with van der Waals surface area (Å²) in [6.07, 6.45) is -0.611. The van der Waals surface area contributed by atoms with Gasteiger partial charge in [0.25, 0.3) is 0 Å². The van der Waals surface area contributed by atoms with Crippen LogP contribution in [-0.4, -0.2) is 90.8 Å². The lowest BCUT2D eigenvalue weighted by atomic mass is 9.90.